The van der Waals surface area contributed by atoms with Crippen molar-refractivity contribution in [3.8, 4) is 0 Å². The largest absolute Gasteiger partial charge is 0.370 e. The highest BCUT2D eigenvalue weighted by Crippen LogP contribution is 2.39. The van der Waals surface area contributed by atoms with Gasteiger partial charge in [0.15, 0.2) is 0 Å². The Kier molecular flexibility index (Phi) is 8.41. The van der Waals surface area contributed by atoms with Crippen molar-refractivity contribution < 1.29 is 14.2 Å². The van der Waals surface area contributed by atoms with Gasteiger partial charge in [-0.05, 0) is 29.7 Å². The molecule has 3 aromatic rings. The molecule has 32 heavy (non-hydrogen) atoms. The van der Waals surface area contributed by atoms with E-state index in [1.807, 2.05) is 30.3 Å². The fourth-order valence-electron chi connectivity index (χ4n) is 4.19. The lowest BCUT2D eigenvalue weighted by molar-refractivity contribution is -0.208. The van der Waals surface area contributed by atoms with Crippen LogP contribution in [-0.2, 0) is 27.4 Å². The summed E-state index contributed by atoms with van der Waals surface area (Å²) in [5.74, 6) is 0.233. The molecule has 1 fully saturated rings. The Morgan fingerprint density at radius 1 is 0.719 bits per heavy atom. The van der Waals surface area contributed by atoms with Crippen LogP contribution in [0, 0.1) is 5.92 Å². The summed E-state index contributed by atoms with van der Waals surface area (Å²) in [7, 11) is 0. The lowest BCUT2D eigenvalue weighted by atomic mass is 9.89. The first-order valence-corrected chi connectivity index (χ1v) is 12.3. The zero-order valence-corrected chi connectivity index (χ0v) is 19.6. The SMILES string of the molecule is CCC1O[C@@H](Sc2ccccc2)C(OCc2ccccc2)[C@H](OCc2ccccc2)[C@@H]1C. The third-order valence-corrected chi connectivity index (χ3v) is 7.13. The Hall–Kier alpha value is -2.11. The Balaban J connectivity index is 1.56. The standard InChI is InChI=1S/C28H32O3S/c1-3-25-21(2)26(29-19-22-13-7-4-8-14-22)27(30-20-23-15-9-5-10-16-23)28(31-25)32-24-17-11-6-12-18-24/h4-18,21,25-28H,3,19-20H2,1-2H3/t21-,25?,26-,27?,28+/m1/s1. The van der Waals surface area contributed by atoms with E-state index in [1.54, 1.807) is 11.8 Å². The number of rotatable bonds is 9. The van der Waals surface area contributed by atoms with E-state index in [0.717, 1.165) is 12.0 Å². The molecule has 0 spiro atoms. The molecular weight excluding hydrogens is 416 g/mol. The molecule has 4 rings (SSSR count). The third kappa shape index (κ3) is 6.02. The zero-order chi connectivity index (χ0) is 22.2. The fourth-order valence-corrected chi connectivity index (χ4v) is 5.34. The van der Waals surface area contributed by atoms with Crippen molar-refractivity contribution in [1.82, 2.24) is 0 Å². The molecule has 0 aromatic heterocycles. The average Bonchev–Trinajstić information content (AvgIpc) is 2.85. The zero-order valence-electron chi connectivity index (χ0n) is 18.8. The molecule has 0 saturated carbocycles. The predicted octanol–water partition coefficient (Wildman–Crippen LogP) is 6.72. The van der Waals surface area contributed by atoms with Gasteiger partial charge >= 0.3 is 0 Å². The molecule has 5 atom stereocenters. The van der Waals surface area contributed by atoms with Crippen LogP contribution in [0.15, 0.2) is 95.9 Å². The summed E-state index contributed by atoms with van der Waals surface area (Å²) in [6, 6.07) is 31.1. The Labute approximate surface area is 196 Å². The predicted molar refractivity (Wildman–Crippen MR) is 130 cm³/mol. The highest BCUT2D eigenvalue weighted by Gasteiger charge is 2.45. The third-order valence-electron chi connectivity index (χ3n) is 5.97. The number of ether oxygens (including phenoxy) is 3. The Morgan fingerprint density at radius 2 is 1.22 bits per heavy atom. The van der Waals surface area contributed by atoms with Gasteiger partial charge in [0.1, 0.15) is 11.5 Å². The summed E-state index contributed by atoms with van der Waals surface area (Å²) in [4.78, 5) is 1.18. The molecule has 1 aliphatic rings. The van der Waals surface area contributed by atoms with Gasteiger partial charge in [-0.15, -0.1) is 0 Å². The van der Waals surface area contributed by atoms with E-state index in [-0.39, 0.29) is 29.7 Å². The molecule has 0 amide bonds. The summed E-state index contributed by atoms with van der Waals surface area (Å²) in [6.45, 7) is 5.52. The van der Waals surface area contributed by atoms with Crippen molar-refractivity contribution >= 4 is 11.8 Å². The quantitative estimate of drug-likeness (QED) is 0.363. The van der Waals surface area contributed by atoms with Crippen LogP contribution in [0.25, 0.3) is 0 Å². The van der Waals surface area contributed by atoms with Crippen LogP contribution in [-0.4, -0.2) is 23.7 Å². The maximum absolute atomic E-state index is 6.59. The Bertz CT molecular complexity index is 919. The summed E-state index contributed by atoms with van der Waals surface area (Å²) in [6.07, 6.45) is 0.846. The van der Waals surface area contributed by atoms with Crippen molar-refractivity contribution in [3.63, 3.8) is 0 Å². The highest BCUT2D eigenvalue weighted by molar-refractivity contribution is 7.99. The first kappa shape index (κ1) is 23.1. The van der Waals surface area contributed by atoms with Crippen LogP contribution in [0.1, 0.15) is 31.4 Å². The van der Waals surface area contributed by atoms with E-state index in [2.05, 4.69) is 74.5 Å². The van der Waals surface area contributed by atoms with Gasteiger partial charge < -0.3 is 14.2 Å². The van der Waals surface area contributed by atoms with Crippen molar-refractivity contribution in [2.45, 2.75) is 62.1 Å². The summed E-state index contributed by atoms with van der Waals surface area (Å²) in [5, 5.41) is 0. The first-order chi connectivity index (χ1) is 15.7. The normalized spacial score (nSPS) is 25.5. The molecule has 1 saturated heterocycles. The fraction of sp³-hybridized carbons (Fsp3) is 0.357. The van der Waals surface area contributed by atoms with Crippen LogP contribution in [0.4, 0.5) is 0 Å². The van der Waals surface area contributed by atoms with E-state index < -0.39 is 0 Å². The van der Waals surface area contributed by atoms with Gasteiger partial charge in [0, 0.05) is 10.8 Å². The summed E-state index contributed by atoms with van der Waals surface area (Å²) in [5.41, 5.74) is 2.19. The molecule has 4 heteroatoms. The van der Waals surface area contributed by atoms with Crippen molar-refractivity contribution in [2.75, 3.05) is 0 Å². The average molecular weight is 449 g/mol. The topological polar surface area (TPSA) is 27.7 Å². The van der Waals surface area contributed by atoms with E-state index in [4.69, 9.17) is 14.2 Å². The van der Waals surface area contributed by atoms with Crippen LogP contribution in [0.2, 0.25) is 0 Å². The van der Waals surface area contributed by atoms with E-state index in [0.29, 0.717) is 13.2 Å². The van der Waals surface area contributed by atoms with Gasteiger partial charge in [-0.1, -0.05) is 104 Å². The number of hydrogen-bond donors (Lipinski definition) is 0. The van der Waals surface area contributed by atoms with Gasteiger partial charge in [0.2, 0.25) is 0 Å². The van der Waals surface area contributed by atoms with Crippen LogP contribution >= 0.6 is 11.8 Å². The molecule has 1 aliphatic heterocycles. The lowest BCUT2D eigenvalue weighted by Gasteiger charge is -2.45. The van der Waals surface area contributed by atoms with Gasteiger partial charge in [0.05, 0.1) is 25.4 Å². The molecular formula is C28H32O3S. The molecule has 0 N–H and O–H groups in total. The summed E-state index contributed by atoms with van der Waals surface area (Å²) >= 11 is 1.73. The second kappa shape index (κ2) is 11.7. The lowest BCUT2D eigenvalue weighted by Crippen LogP contribution is -2.54. The monoisotopic (exact) mass is 448 g/mol. The molecule has 2 unspecified atom stereocenters. The number of hydrogen-bond acceptors (Lipinski definition) is 4. The second-order valence-corrected chi connectivity index (χ2v) is 9.44. The second-order valence-electron chi connectivity index (χ2n) is 8.26. The van der Waals surface area contributed by atoms with Crippen molar-refractivity contribution in [1.29, 1.82) is 0 Å². The van der Waals surface area contributed by atoms with E-state index in [9.17, 15) is 0 Å². The van der Waals surface area contributed by atoms with Gasteiger partial charge in [-0.25, -0.2) is 0 Å². The molecule has 1 heterocycles. The van der Waals surface area contributed by atoms with Crippen molar-refractivity contribution in [3.05, 3.63) is 102 Å². The van der Waals surface area contributed by atoms with Gasteiger partial charge in [-0.3, -0.25) is 0 Å². The maximum Gasteiger partial charge on any atom is 0.136 e. The number of thioether (sulfide) groups is 1. The smallest absolute Gasteiger partial charge is 0.136 e. The maximum atomic E-state index is 6.59. The number of benzene rings is 3. The molecule has 168 valence electrons. The summed E-state index contributed by atoms with van der Waals surface area (Å²) < 4.78 is 19.7. The van der Waals surface area contributed by atoms with E-state index >= 15 is 0 Å². The first-order valence-electron chi connectivity index (χ1n) is 11.4. The van der Waals surface area contributed by atoms with Crippen LogP contribution in [0.3, 0.4) is 0 Å². The minimum atomic E-state index is -0.179. The minimum absolute atomic E-state index is 0.0566. The van der Waals surface area contributed by atoms with Crippen molar-refractivity contribution in [2.24, 2.45) is 5.92 Å². The molecule has 0 bridgehead atoms. The van der Waals surface area contributed by atoms with E-state index in [1.165, 1.54) is 10.5 Å². The Morgan fingerprint density at radius 3 is 1.75 bits per heavy atom. The molecule has 0 radical (unpaired) electrons. The van der Waals surface area contributed by atoms with Crippen LogP contribution in [0.5, 0.6) is 0 Å². The highest BCUT2D eigenvalue weighted by atomic mass is 32.2. The molecule has 0 aliphatic carbocycles. The molecule has 3 aromatic carbocycles. The molecule has 3 nitrogen and oxygen atoms in total. The van der Waals surface area contributed by atoms with Crippen LogP contribution < -0.4 is 0 Å². The van der Waals surface area contributed by atoms with Gasteiger partial charge in [-0.2, -0.15) is 0 Å². The van der Waals surface area contributed by atoms with Gasteiger partial charge in [0.25, 0.3) is 0 Å². The minimum Gasteiger partial charge on any atom is -0.370 e.